The van der Waals surface area contributed by atoms with Crippen LogP contribution in [0.5, 0.6) is 0 Å². The highest BCUT2D eigenvalue weighted by atomic mass is 79.9. The van der Waals surface area contributed by atoms with Gasteiger partial charge in [0, 0.05) is 23.3 Å². The molecular weight excluding hydrogens is 370 g/mol. The number of aromatic nitrogens is 2. The molecule has 6 heteroatoms. The highest BCUT2D eigenvalue weighted by Crippen LogP contribution is 2.30. The van der Waals surface area contributed by atoms with E-state index in [2.05, 4.69) is 26.1 Å². The van der Waals surface area contributed by atoms with Crippen LogP contribution < -0.4 is 0 Å². The van der Waals surface area contributed by atoms with Crippen molar-refractivity contribution in [2.75, 3.05) is 0 Å². The predicted molar refractivity (Wildman–Crippen MR) is 93.6 cm³/mol. The Hall–Kier alpha value is -2.21. The van der Waals surface area contributed by atoms with Gasteiger partial charge in [-0.15, -0.1) is 0 Å². The Kier molecular flexibility index (Phi) is 3.84. The average Bonchev–Trinajstić information content (AvgIpc) is 3.36. The number of pyridine rings is 1. The molecule has 1 aliphatic carbocycles. The van der Waals surface area contributed by atoms with Gasteiger partial charge in [-0.2, -0.15) is 0 Å². The van der Waals surface area contributed by atoms with Crippen molar-refractivity contribution >= 4 is 32.9 Å². The van der Waals surface area contributed by atoms with Crippen LogP contribution in [0.1, 0.15) is 34.5 Å². The number of aryl methyl sites for hydroxylation is 1. The molecule has 24 heavy (non-hydrogen) atoms. The summed E-state index contributed by atoms with van der Waals surface area (Å²) in [6, 6.07) is 10.2. The lowest BCUT2D eigenvalue weighted by Crippen LogP contribution is -2.32. The van der Waals surface area contributed by atoms with E-state index in [0.29, 0.717) is 23.9 Å². The average molecular weight is 386 g/mol. The van der Waals surface area contributed by atoms with Gasteiger partial charge in [0.15, 0.2) is 0 Å². The molecule has 0 spiro atoms. The SMILES string of the molecule is Cc1noc2ncc(C(=O)N(Cc3cccc(Br)c3)C3CC3)cc12. The van der Waals surface area contributed by atoms with E-state index in [1.165, 1.54) is 0 Å². The Bertz CT molecular complexity index is 918. The summed E-state index contributed by atoms with van der Waals surface area (Å²) in [5, 5.41) is 4.69. The summed E-state index contributed by atoms with van der Waals surface area (Å²) in [5.74, 6) is 0.00692. The van der Waals surface area contributed by atoms with E-state index in [-0.39, 0.29) is 5.91 Å². The molecular formula is C18H16BrN3O2. The summed E-state index contributed by atoms with van der Waals surface area (Å²) in [5.41, 5.74) is 2.90. The number of hydrogen-bond acceptors (Lipinski definition) is 4. The third kappa shape index (κ3) is 2.94. The van der Waals surface area contributed by atoms with Crippen LogP contribution in [0.4, 0.5) is 0 Å². The largest absolute Gasteiger partial charge is 0.336 e. The molecule has 2 heterocycles. The fourth-order valence-corrected chi connectivity index (χ4v) is 3.26. The third-order valence-electron chi connectivity index (χ3n) is 4.25. The fraction of sp³-hybridized carbons (Fsp3) is 0.278. The molecule has 4 rings (SSSR count). The molecule has 2 aromatic heterocycles. The van der Waals surface area contributed by atoms with Gasteiger partial charge < -0.3 is 9.42 Å². The fourth-order valence-electron chi connectivity index (χ4n) is 2.81. The number of fused-ring (bicyclic) bond motifs is 1. The zero-order chi connectivity index (χ0) is 16.7. The first-order valence-corrected chi connectivity index (χ1v) is 8.68. The number of carbonyl (C=O) groups excluding carboxylic acids is 1. The van der Waals surface area contributed by atoms with Gasteiger partial charge in [-0.3, -0.25) is 4.79 Å². The summed E-state index contributed by atoms with van der Waals surface area (Å²) in [7, 11) is 0. The molecule has 0 unspecified atom stereocenters. The highest BCUT2D eigenvalue weighted by molar-refractivity contribution is 9.10. The summed E-state index contributed by atoms with van der Waals surface area (Å²) in [4.78, 5) is 19.2. The smallest absolute Gasteiger partial charge is 0.257 e. The molecule has 122 valence electrons. The van der Waals surface area contributed by atoms with Crippen LogP contribution in [0, 0.1) is 6.92 Å². The van der Waals surface area contributed by atoms with Crippen molar-refractivity contribution in [3.8, 4) is 0 Å². The first kappa shape index (κ1) is 15.3. The van der Waals surface area contributed by atoms with E-state index in [0.717, 1.165) is 34.0 Å². The van der Waals surface area contributed by atoms with Crippen LogP contribution in [-0.2, 0) is 6.54 Å². The van der Waals surface area contributed by atoms with Gasteiger partial charge in [-0.05, 0) is 43.5 Å². The molecule has 0 saturated heterocycles. The Morgan fingerprint density at radius 2 is 2.21 bits per heavy atom. The lowest BCUT2D eigenvalue weighted by molar-refractivity contribution is 0.0729. The third-order valence-corrected chi connectivity index (χ3v) is 4.74. The monoisotopic (exact) mass is 385 g/mol. The van der Waals surface area contributed by atoms with Gasteiger partial charge >= 0.3 is 0 Å². The number of nitrogens with zero attached hydrogens (tertiary/aromatic N) is 3. The van der Waals surface area contributed by atoms with Crippen molar-refractivity contribution in [3.05, 3.63) is 57.8 Å². The lowest BCUT2D eigenvalue weighted by atomic mass is 10.1. The Balaban J connectivity index is 1.64. The molecule has 1 aliphatic rings. The van der Waals surface area contributed by atoms with Crippen LogP contribution in [-0.4, -0.2) is 27.0 Å². The quantitative estimate of drug-likeness (QED) is 0.678. The summed E-state index contributed by atoms with van der Waals surface area (Å²) in [6.07, 6.45) is 3.69. The van der Waals surface area contributed by atoms with Gasteiger partial charge in [0.2, 0.25) is 0 Å². The Labute approximate surface area is 147 Å². The molecule has 0 atom stereocenters. The number of rotatable bonds is 4. The van der Waals surface area contributed by atoms with Crippen LogP contribution in [0.15, 0.2) is 45.5 Å². The number of benzene rings is 1. The molecule has 5 nitrogen and oxygen atoms in total. The number of halogens is 1. The van der Waals surface area contributed by atoms with E-state index >= 15 is 0 Å². The van der Waals surface area contributed by atoms with Crippen molar-refractivity contribution < 1.29 is 9.32 Å². The standard InChI is InChI=1S/C18H16BrN3O2/c1-11-16-8-13(9-20-17(16)24-21-11)18(23)22(15-5-6-15)10-12-3-2-4-14(19)7-12/h2-4,7-9,15H,5-6,10H2,1H3. The van der Waals surface area contributed by atoms with Crippen LogP contribution >= 0.6 is 15.9 Å². The molecule has 1 saturated carbocycles. The minimum atomic E-state index is 0.00692. The normalized spacial score (nSPS) is 14.1. The molecule has 0 N–H and O–H groups in total. The topological polar surface area (TPSA) is 59.2 Å². The zero-order valence-corrected chi connectivity index (χ0v) is 14.8. The summed E-state index contributed by atoms with van der Waals surface area (Å²) >= 11 is 3.49. The van der Waals surface area contributed by atoms with E-state index in [1.807, 2.05) is 42.2 Å². The maximum atomic E-state index is 13.0. The predicted octanol–water partition coefficient (Wildman–Crippen LogP) is 4.10. The van der Waals surface area contributed by atoms with Gasteiger partial charge in [0.25, 0.3) is 11.6 Å². The van der Waals surface area contributed by atoms with E-state index in [4.69, 9.17) is 4.52 Å². The second kappa shape index (κ2) is 6.02. The second-order valence-electron chi connectivity index (χ2n) is 6.14. The molecule has 0 bridgehead atoms. The summed E-state index contributed by atoms with van der Waals surface area (Å²) < 4.78 is 6.14. The lowest BCUT2D eigenvalue weighted by Gasteiger charge is -2.22. The summed E-state index contributed by atoms with van der Waals surface area (Å²) in [6.45, 7) is 2.45. The van der Waals surface area contributed by atoms with E-state index < -0.39 is 0 Å². The Morgan fingerprint density at radius 1 is 1.38 bits per heavy atom. The first-order valence-electron chi connectivity index (χ1n) is 7.89. The Morgan fingerprint density at radius 3 is 2.96 bits per heavy atom. The van der Waals surface area contributed by atoms with Gasteiger partial charge in [-0.1, -0.05) is 33.2 Å². The van der Waals surface area contributed by atoms with E-state index in [9.17, 15) is 4.79 Å². The molecule has 1 amide bonds. The van der Waals surface area contributed by atoms with Crippen molar-refractivity contribution in [2.24, 2.45) is 0 Å². The maximum absolute atomic E-state index is 13.0. The minimum absolute atomic E-state index is 0.00692. The molecule has 0 aliphatic heterocycles. The van der Waals surface area contributed by atoms with Crippen LogP contribution in [0.2, 0.25) is 0 Å². The number of carbonyl (C=O) groups is 1. The molecule has 3 aromatic rings. The second-order valence-corrected chi connectivity index (χ2v) is 7.05. The molecule has 1 fully saturated rings. The van der Waals surface area contributed by atoms with Crippen LogP contribution in [0.3, 0.4) is 0 Å². The van der Waals surface area contributed by atoms with Crippen molar-refractivity contribution in [3.63, 3.8) is 0 Å². The van der Waals surface area contributed by atoms with Gasteiger partial charge in [-0.25, -0.2) is 4.98 Å². The molecule has 1 aromatic carbocycles. The number of hydrogen-bond donors (Lipinski definition) is 0. The first-order chi connectivity index (χ1) is 11.6. The van der Waals surface area contributed by atoms with Crippen molar-refractivity contribution in [2.45, 2.75) is 32.4 Å². The molecule has 0 radical (unpaired) electrons. The van der Waals surface area contributed by atoms with Crippen molar-refractivity contribution in [1.29, 1.82) is 0 Å². The number of amides is 1. The van der Waals surface area contributed by atoms with Gasteiger partial charge in [0.1, 0.15) is 0 Å². The highest BCUT2D eigenvalue weighted by Gasteiger charge is 2.33. The van der Waals surface area contributed by atoms with Gasteiger partial charge in [0.05, 0.1) is 16.6 Å². The minimum Gasteiger partial charge on any atom is -0.336 e. The maximum Gasteiger partial charge on any atom is 0.257 e. The van der Waals surface area contributed by atoms with E-state index in [1.54, 1.807) is 6.20 Å². The zero-order valence-electron chi connectivity index (χ0n) is 13.2. The van der Waals surface area contributed by atoms with Crippen molar-refractivity contribution in [1.82, 2.24) is 15.0 Å². The van der Waals surface area contributed by atoms with Crippen LogP contribution in [0.25, 0.3) is 11.1 Å².